The Balaban J connectivity index is 2.30. The van der Waals surface area contributed by atoms with Crippen LogP contribution in [0.1, 0.15) is 10.4 Å². The van der Waals surface area contributed by atoms with Crippen LogP contribution in [0.2, 0.25) is 0 Å². The van der Waals surface area contributed by atoms with E-state index in [-0.39, 0.29) is 23.4 Å². The second-order valence-corrected chi connectivity index (χ2v) is 3.46. The molecule has 19 heavy (non-hydrogen) atoms. The van der Waals surface area contributed by atoms with Gasteiger partial charge in [0.2, 0.25) is 11.8 Å². The monoisotopic (exact) mass is 260 g/mol. The molecular formula is C12H12N4O3. The summed E-state index contributed by atoms with van der Waals surface area (Å²) in [6, 6.07) is 3.32. The number of methoxy groups -OCH3 is 2. The predicted molar refractivity (Wildman–Crippen MR) is 67.3 cm³/mol. The molecule has 0 atom stereocenters. The quantitative estimate of drug-likeness (QED) is 0.887. The number of hydrogen-bond donors (Lipinski definition) is 1. The summed E-state index contributed by atoms with van der Waals surface area (Å²) in [4.78, 5) is 23.7. The minimum Gasteiger partial charge on any atom is -0.479 e. The maximum Gasteiger partial charge on any atom is 0.257 e. The fourth-order valence-corrected chi connectivity index (χ4v) is 1.45. The molecular weight excluding hydrogens is 248 g/mol. The predicted octanol–water partition coefficient (Wildman–Crippen LogP) is 1.14. The minimum atomic E-state index is -0.348. The van der Waals surface area contributed by atoms with Gasteiger partial charge in [0.1, 0.15) is 6.33 Å². The van der Waals surface area contributed by atoms with Crippen LogP contribution in [-0.2, 0) is 0 Å². The molecule has 0 saturated heterocycles. The molecule has 0 aliphatic carbocycles. The molecule has 98 valence electrons. The average molecular weight is 260 g/mol. The van der Waals surface area contributed by atoms with Crippen molar-refractivity contribution in [2.45, 2.75) is 0 Å². The van der Waals surface area contributed by atoms with Crippen LogP contribution >= 0.6 is 0 Å². The van der Waals surface area contributed by atoms with Gasteiger partial charge in [-0.15, -0.1) is 0 Å². The summed E-state index contributed by atoms with van der Waals surface area (Å²) in [6.45, 7) is 0. The second kappa shape index (κ2) is 5.76. The molecule has 2 aromatic rings. The van der Waals surface area contributed by atoms with Crippen LogP contribution in [0.25, 0.3) is 0 Å². The summed E-state index contributed by atoms with van der Waals surface area (Å²) in [5.74, 6) is 0.104. The Morgan fingerprint density at radius 2 is 1.89 bits per heavy atom. The lowest BCUT2D eigenvalue weighted by Gasteiger charge is -2.11. The molecule has 0 fully saturated rings. The first-order valence-electron chi connectivity index (χ1n) is 5.40. The van der Waals surface area contributed by atoms with Gasteiger partial charge in [0.25, 0.3) is 5.91 Å². The van der Waals surface area contributed by atoms with Crippen LogP contribution in [-0.4, -0.2) is 35.1 Å². The molecule has 7 nitrogen and oxygen atoms in total. The van der Waals surface area contributed by atoms with E-state index in [9.17, 15) is 4.79 Å². The first-order chi connectivity index (χ1) is 9.26. The van der Waals surface area contributed by atoms with Gasteiger partial charge in [-0.05, 0) is 12.1 Å². The van der Waals surface area contributed by atoms with Crippen molar-refractivity contribution in [1.29, 1.82) is 0 Å². The Morgan fingerprint density at radius 1 is 1.21 bits per heavy atom. The van der Waals surface area contributed by atoms with Gasteiger partial charge in [-0.1, -0.05) is 0 Å². The Bertz CT molecular complexity index is 552. The molecule has 0 aromatic carbocycles. The lowest BCUT2D eigenvalue weighted by molar-refractivity contribution is 0.102. The number of nitrogens with one attached hydrogen (secondary N) is 1. The highest BCUT2D eigenvalue weighted by molar-refractivity contribution is 6.05. The molecule has 1 N–H and O–H groups in total. The summed E-state index contributed by atoms with van der Waals surface area (Å²) in [5, 5.41) is 2.64. The normalized spacial score (nSPS) is 9.79. The van der Waals surface area contributed by atoms with Gasteiger partial charge < -0.3 is 14.8 Å². The highest BCUT2D eigenvalue weighted by Crippen LogP contribution is 2.30. The summed E-state index contributed by atoms with van der Waals surface area (Å²) in [7, 11) is 2.89. The largest absolute Gasteiger partial charge is 0.479 e. The number of rotatable bonds is 4. The molecule has 0 aliphatic heterocycles. The molecule has 0 saturated carbocycles. The molecule has 7 heteroatoms. The van der Waals surface area contributed by atoms with E-state index >= 15 is 0 Å². The van der Waals surface area contributed by atoms with Crippen LogP contribution in [0.15, 0.2) is 30.9 Å². The van der Waals surface area contributed by atoms with Gasteiger partial charge in [-0.25, -0.2) is 0 Å². The standard InChI is InChI=1S/C12H12N4O3/c1-18-11-9(12(19-2)15-7-14-11)16-10(17)8-4-3-5-13-6-8/h3-7H,1-2H3,(H,16,17). The Hall–Kier alpha value is -2.70. The van der Waals surface area contributed by atoms with Crippen LogP contribution in [0.5, 0.6) is 11.8 Å². The molecule has 0 unspecified atom stereocenters. The first-order valence-corrected chi connectivity index (χ1v) is 5.40. The molecule has 0 bridgehead atoms. The van der Waals surface area contributed by atoms with E-state index in [4.69, 9.17) is 9.47 Å². The van der Waals surface area contributed by atoms with Crippen molar-refractivity contribution in [3.05, 3.63) is 36.4 Å². The highest BCUT2D eigenvalue weighted by Gasteiger charge is 2.16. The van der Waals surface area contributed by atoms with Crippen molar-refractivity contribution in [1.82, 2.24) is 15.0 Å². The molecule has 2 aromatic heterocycles. The van der Waals surface area contributed by atoms with Crippen LogP contribution < -0.4 is 14.8 Å². The van der Waals surface area contributed by atoms with E-state index in [1.165, 1.54) is 26.7 Å². The van der Waals surface area contributed by atoms with E-state index in [1.807, 2.05) is 0 Å². The fourth-order valence-electron chi connectivity index (χ4n) is 1.45. The Kier molecular flexibility index (Phi) is 3.87. The highest BCUT2D eigenvalue weighted by atomic mass is 16.5. The Morgan fingerprint density at radius 3 is 2.42 bits per heavy atom. The summed E-state index contributed by atoms with van der Waals surface area (Å²) < 4.78 is 10.1. The molecule has 0 spiro atoms. The van der Waals surface area contributed by atoms with E-state index in [1.54, 1.807) is 18.3 Å². The lowest BCUT2D eigenvalue weighted by atomic mass is 10.2. The third-order valence-electron chi connectivity index (χ3n) is 2.33. The molecule has 0 radical (unpaired) electrons. The average Bonchev–Trinajstić information content (AvgIpc) is 2.48. The minimum absolute atomic E-state index is 0.226. The number of carbonyl (C=O) groups excluding carboxylic acids is 1. The van der Waals surface area contributed by atoms with Crippen molar-refractivity contribution >= 4 is 11.6 Å². The van der Waals surface area contributed by atoms with Crippen molar-refractivity contribution in [3.8, 4) is 11.8 Å². The zero-order chi connectivity index (χ0) is 13.7. The summed E-state index contributed by atoms with van der Waals surface area (Å²) in [5.41, 5.74) is 0.691. The van der Waals surface area contributed by atoms with Crippen molar-refractivity contribution < 1.29 is 14.3 Å². The van der Waals surface area contributed by atoms with Crippen LogP contribution in [0.3, 0.4) is 0 Å². The van der Waals surface area contributed by atoms with E-state index in [2.05, 4.69) is 20.3 Å². The fraction of sp³-hybridized carbons (Fsp3) is 0.167. The zero-order valence-corrected chi connectivity index (χ0v) is 10.5. The van der Waals surface area contributed by atoms with Gasteiger partial charge in [-0.3, -0.25) is 9.78 Å². The second-order valence-electron chi connectivity index (χ2n) is 3.46. The van der Waals surface area contributed by atoms with Gasteiger partial charge in [0.15, 0.2) is 5.69 Å². The summed E-state index contributed by atoms with van der Waals surface area (Å²) >= 11 is 0. The van der Waals surface area contributed by atoms with Gasteiger partial charge in [0.05, 0.1) is 19.8 Å². The number of carbonyl (C=O) groups is 1. The summed E-state index contributed by atoms with van der Waals surface area (Å²) in [6.07, 6.45) is 4.33. The molecule has 2 rings (SSSR count). The van der Waals surface area contributed by atoms with Crippen molar-refractivity contribution in [2.75, 3.05) is 19.5 Å². The maximum absolute atomic E-state index is 12.0. The van der Waals surface area contributed by atoms with Gasteiger partial charge >= 0.3 is 0 Å². The number of ether oxygens (including phenoxy) is 2. The van der Waals surface area contributed by atoms with Gasteiger partial charge in [0, 0.05) is 12.4 Å². The third-order valence-corrected chi connectivity index (χ3v) is 2.33. The molecule has 0 aliphatic rings. The Labute approximate surface area is 109 Å². The maximum atomic E-state index is 12.0. The topological polar surface area (TPSA) is 86.2 Å². The van der Waals surface area contributed by atoms with E-state index in [0.29, 0.717) is 5.56 Å². The molecule has 2 heterocycles. The van der Waals surface area contributed by atoms with Gasteiger partial charge in [-0.2, -0.15) is 9.97 Å². The lowest BCUT2D eigenvalue weighted by Crippen LogP contribution is -2.14. The number of hydrogen-bond acceptors (Lipinski definition) is 6. The number of aromatic nitrogens is 3. The number of nitrogens with zero attached hydrogens (tertiary/aromatic N) is 3. The van der Waals surface area contributed by atoms with Crippen LogP contribution in [0.4, 0.5) is 5.69 Å². The smallest absolute Gasteiger partial charge is 0.257 e. The van der Waals surface area contributed by atoms with Crippen molar-refractivity contribution in [3.63, 3.8) is 0 Å². The van der Waals surface area contributed by atoms with Crippen LogP contribution in [0, 0.1) is 0 Å². The van der Waals surface area contributed by atoms with E-state index in [0.717, 1.165) is 0 Å². The molecule has 1 amide bonds. The van der Waals surface area contributed by atoms with E-state index < -0.39 is 0 Å². The first kappa shape index (κ1) is 12.7. The number of anilines is 1. The third kappa shape index (κ3) is 2.76. The number of amides is 1. The zero-order valence-electron chi connectivity index (χ0n) is 10.5. The van der Waals surface area contributed by atoms with Crippen molar-refractivity contribution in [2.24, 2.45) is 0 Å². The SMILES string of the molecule is COc1ncnc(OC)c1NC(=O)c1cccnc1. The number of pyridine rings is 1.